The van der Waals surface area contributed by atoms with Gasteiger partial charge in [0, 0.05) is 11.1 Å². The average molecular weight is 415 g/mol. The molecule has 0 bridgehead atoms. The molecule has 4 rings (SSSR count). The van der Waals surface area contributed by atoms with E-state index in [-0.39, 0.29) is 23.9 Å². The fraction of sp³-hybridized carbons (Fsp3) is 0.250. The molecule has 158 valence electrons. The molecule has 7 heteroatoms. The highest BCUT2D eigenvalue weighted by atomic mass is 16.2. The Balaban J connectivity index is 1.77. The molecule has 1 N–H and O–H groups in total. The third-order valence-electron chi connectivity index (χ3n) is 5.43. The summed E-state index contributed by atoms with van der Waals surface area (Å²) in [4.78, 5) is 26.1. The van der Waals surface area contributed by atoms with Crippen LogP contribution in [0.1, 0.15) is 36.6 Å². The van der Waals surface area contributed by atoms with Crippen LogP contribution in [0.3, 0.4) is 0 Å². The normalized spacial score (nSPS) is 11.3. The van der Waals surface area contributed by atoms with Crippen molar-refractivity contribution in [2.45, 2.75) is 40.2 Å². The third kappa shape index (κ3) is 3.86. The minimum absolute atomic E-state index is 0.0600. The Morgan fingerprint density at radius 1 is 1.06 bits per heavy atom. The van der Waals surface area contributed by atoms with Gasteiger partial charge in [0.2, 0.25) is 5.91 Å². The van der Waals surface area contributed by atoms with Crippen LogP contribution in [0.15, 0.2) is 59.5 Å². The number of rotatable bonds is 5. The summed E-state index contributed by atoms with van der Waals surface area (Å²) in [5.41, 5.74) is 4.40. The van der Waals surface area contributed by atoms with Gasteiger partial charge >= 0.3 is 0 Å². The predicted molar refractivity (Wildman–Crippen MR) is 122 cm³/mol. The minimum atomic E-state index is -0.350. The highest BCUT2D eigenvalue weighted by molar-refractivity contribution is 5.91. The van der Waals surface area contributed by atoms with Crippen molar-refractivity contribution in [3.05, 3.63) is 81.9 Å². The lowest BCUT2D eigenvalue weighted by Crippen LogP contribution is -2.31. The number of hydrogen-bond acceptors (Lipinski definition) is 4. The van der Waals surface area contributed by atoms with Crippen molar-refractivity contribution in [2.75, 3.05) is 5.32 Å². The molecular formula is C24H25N5O2. The number of para-hydroxylation sites is 1. The number of anilines is 1. The summed E-state index contributed by atoms with van der Waals surface area (Å²) in [7, 11) is 0. The van der Waals surface area contributed by atoms with Crippen LogP contribution < -0.4 is 10.9 Å². The molecule has 0 fully saturated rings. The van der Waals surface area contributed by atoms with E-state index in [2.05, 4.69) is 15.5 Å². The first-order valence-corrected chi connectivity index (χ1v) is 10.3. The van der Waals surface area contributed by atoms with Crippen LogP contribution in [0.25, 0.3) is 16.6 Å². The fourth-order valence-electron chi connectivity index (χ4n) is 3.60. The van der Waals surface area contributed by atoms with Crippen molar-refractivity contribution < 1.29 is 4.79 Å². The molecule has 0 spiro atoms. The number of aryl methyl sites for hydroxylation is 1. The Kier molecular flexibility index (Phi) is 5.42. The molecule has 2 aromatic heterocycles. The topological polar surface area (TPSA) is 81.8 Å². The smallest absolute Gasteiger partial charge is 0.293 e. The Bertz CT molecular complexity index is 1320. The van der Waals surface area contributed by atoms with Gasteiger partial charge in [-0.2, -0.15) is 10.2 Å². The Hall–Kier alpha value is -3.74. The Morgan fingerprint density at radius 2 is 1.81 bits per heavy atom. The van der Waals surface area contributed by atoms with Crippen molar-refractivity contribution in [1.82, 2.24) is 19.6 Å². The van der Waals surface area contributed by atoms with Gasteiger partial charge in [0.1, 0.15) is 12.1 Å². The van der Waals surface area contributed by atoms with Crippen molar-refractivity contribution in [2.24, 2.45) is 0 Å². The first kappa shape index (κ1) is 20.5. The van der Waals surface area contributed by atoms with E-state index in [0.29, 0.717) is 10.9 Å². The number of fused-ring (bicyclic) bond motifs is 1. The van der Waals surface area contributed by atoms with Gasteiger partial charge in [-0.1, -0.05) is 44.2 Å². The number of carbonyl (C=O) groups excluding carboxylic acids is 1. The zero-order valence-corrected chi connectivity index (χ0v) is 18.1. The second kappa shape index (κ2) is 8.18. The number of aromatic nitrogens is 4. The van der Waals surface area contributed by atoms with Crippen molar-refractivity contribution in [1.29, 1.82) is 0 Å². The molecule has 0 aliphatic heterocycles. The van der Waals surface area contributed by atoms with Gasteiger partial charge in [-0.05, 0) is 49.1 Å². The summed E-state index contributed by atoms with van der Waals surface area (Å²) in [6, 6.07) is 15.2. The number of hydrogen-bond donors (Lipinski definition) is 1. The molecule has 7 nitrogen and oxygen atoms in total. The van der Waals surface area contributed by atoms with Gasteiger partial charge in [0.25, 0.3) is 5.56 Å². The second-order valence-corrected chi connectivity index (χ2v) is 7.95. The van der Waals surface area contributed by atoms with Crippen LogP contribution in [-0.2, 0) is 11.3 Å². The van der Waals surface area contributed by atoms with Gasteiger partial charge in [0.15, 0.2) is 0 Å². The van der Waals surface area contributed by atoms with E-state index >= 15 is 0 Å². The minimum Gasteiger partial charge on any atom is -0.324 e. The summed E-state index contributed by atoms with van der Waals surface area (Å²) in [5, 5.41) is 12.6. The van der Waals surface area contributed by atoms with Crippen LogP contribution in [0, 0.1) is 13.8 Å². The summed E-state index contributed by atoms with van der Waals surface area (Å²) in [5.74, 6) is -0.243. The highest BCUT2D eigenvalue weighted by Gasteiger charge is 2.20. The van der Waals surface area contributed by atoms with Crippen molar-refractivity contribution >= 4 is 22.5 Å². The molecule has 31 heavy (non-hydrogen) atoms. The van der Waals surface area contributed by atoms with E-state index in [0.717, 1.165) is 28.2 Å². The lowest BCUT2D eigenvalue weighted by Gasteiger charge is -2.13. The molecule has 2 aromatic carbocycles. The molecule has 2 heterocycles. The molecular weight excluding hydrogens is 390 g/mol. The van der Waals surface area contributed by atoms with Crippen molar-refractivity contribution in [3.63, 3.8) is 0 Å². The zero-order chi connectivity index (χ0) is 22.1. The average Bonchev–Trinajstić information content (AvgIpc) is 3.19. The Labute approximate surface area is 180 Å². The van der Waals surface area contributed by atoms with E-state index in [1.807, 2.05) is 76.2 Å². The van der Waals surface area contributed by atoms with E-state index < -0.39 is 0 Å². The largest absolute Gasteiger partial charge is 0.324 e. The first-order valence-electron chi connectivity index (χ1n) is 10.3. The van der Waals surface area contributed by atoms with E-state index in [9.17, 15) is 9.59 Å². The SMILES string of the molecule is Cc1cccc(NC(=O)Cn2nc(C(C)C)c3cnn(-c4ccccc4)c3c2=O)c1C. The van der Waals surface area contributed by atoms with Crippen molar-refractivity contribution in [3.8, 4) is 5.69 Å². The van der Waals surface area contributed by atoms with Gasteiger partial charge in [-0.25, -0.2) is 9.36 Å². The first-order chi connectivity index (χ1) is 14.9. The van der Waals surface area contributed by atoms with E-state index in [4.69, 9.17) is 0 Å². The van der Waals surface area contributed by atoms with Crippen LogP contribution in [-0.4, -0.2) is 25.5 Å². The van der Waals surface area contributed by atoms with E-state index in [1.165, 1.54) is 4.68 Å². The maximum atomic E-state index is 13.3. The van der Waals surface area contributed by atoms with Crippen LogP contribution in [0.4, 0.5) is 5.69 Å². The van der Waals surface area contributed by atoms with Gasteiger partial charge in [-0.15, -0.1) is 0 Å². The van der Waals surface area contributed by atoms with Gasteiger partial charge in [0.05, 0.1) is 17.6 Å². The monoisotopic (exact) mass is 415 g/mol. The van der Waals surface area contributed by atoms with Crippen LogP contribution >= 0.6 is 0 Å². The number of carbonyl (C=O) groups is 1. The molecule has 0 aliphatic rings. The molecule has 0 radical (unpaired) electrons. The highest BCUT2D eigenvalue weighted by Crippen LogP contribution is 2.23. The standard InChI is InChI=1S/C24H25N5O2/c1-15(2)22-19-13-25-29(18-10-6-5-7-11-18)23(19)24(31)28(27-22)14-21(30)26-20-12-8-9-16(3)17(20)4/h5-13,15H,14H2,1-4H3,(H,26,30). The predicted octanol–water partition coefficient (Wildman–Crippen LogP) is 3.96. The maximum absolute atomic E-state index is 13.3. The number of nitrogens with one attached hydrogen (secondary N) is 1. The molecule has 0 atom stereocenters. The maximum Gasteiger partial charge on any atom is 0.293 e. The quantitative estimate of drug-likeness (QED) is 0.535. The molecule has 0 saturated carbocycles. The van der Waals surface area contributed by atoms with Crippen LogP contribution in [0.2, 0.25) is 0 Å². The summed E-state index contributed by atoms with van der Waals surface area (Å²) < 4.78 is 2.85. The zero-order valence-electron chi connectivity index (χ0n) is 18.1. The fourth-order valence-corrected chi connectivity index (χ4v) is 3.60. The summed E-state index contributed by atoms with van der Waals surface area (Å²) in [6.07, 6.45) is 1.67. The summed E-state index contributed by atoms with van der Waals surface area (Å²) in [6.45, 7) is 7.78. The molecule has 0 saturated heterocycles. The molecule has 4 aromatic rings. The lowest BCUT2D eigenvalue weighted by atomic mass is 10.1. The third-order valence-corrected chi connectivity index (χ3v) is 5.43. The second-order valence-electron chi connectivity index (χ2n) is 7.95. The number of nitrogens with zero attached hydrogens (tertiary/aromatic N) is 4. The molecule has 1 amide bonds. The molecule has 0 unspecified atom stereocenters. The van der Waals surface area contributed by atoms with Gasteiger partial charge in [-0.3, -0.25) is 9.59 Å². The number of benzene rings is 2. The number of amides is 1. The summed E-state index contributed by atoms with van der Waals surface area (Å²) >= 11 is 0. The lowest BCUT2D eigenvalue weighted by molar-refractivity contribution is -0.117. The van der Waals surface area contributed by atoms with E-state index in [1.54, 1.807) is 10.9 Å². The molecule has 0 aliphatic carbocycles. The van der Waals surface area contributed by atoms with Crippen LogP contribution in [0.5, 0.6) is 0 Å². The van der Waals surface area contributed by atoms with Gasteiger partial charge < -0.3 is 5.32 Å². The Morgan fingerprint density at radius 3 is 2.52 bits per heavy atom.